The zero-order valence-corrected chi connectivity index (χ0v) is 7.75. The van der Waals surface area contributed by atoms with Gasteiger partial charge in [0.15, 0.2) is 0 Å². The van der Waals surface area contributed by atoms with Crippen LogP contribution in [0.3, 0.4) is 0 Å². The fraction of sp³-hybridized carbons (Fsp3) is 0.800. The molecule has 4 atom stereocenters. The van der Waals surface area contributed by atoms with Crippen LogP contribution in [-0.2, 0) is 9.47 Å². The smallest absolute Gasteiger partial charge is 0.117 e. The van der Waals surface area contributed by atoms with Gasteiger partial charge >= 0.3 is 0 Å². The van der Waals surface area contributed by atoms with Crippen molar-refractivity contribution in [3.8, 4) is 0 Å². The molecule has 0 aliphatic carbocycles. The van der Waals surface area contributed by atoms with Crippen LogP contribution in [0.25, 0.3) is 0 Å². The second kappa shape index (κ2) is 2.57. The van der Waals surface area contributed by atoms with Crippen molar-refractivity contribution in [1.82, 2.24) is 0 Å². The van der Waals surface area contributed by atoms with Gasteiger partial charge in [0, 0.05) is 11.8 Å². The first-order valence-corrected chi connectivity index (χ1v) is 4.60. The third kappa shape index (κ3) is 0.824. The molecule has 2 heteroatoms. The molecule has 2 aliphatic rings. The average molecular weight is 168 g/mol. The summed E-state index contributed by atoms with van der Waals surface area (Å²) in [5.41, 5.74) is -0.181. The zero-order chi connectivity index (χ0) is 8.77. The van der Waals surface area contributed by atoms with E-state index in [0.29, 0.717) is 11.8 Å². The van der Waals surface area contributed by atoms with Crippen molar-refractivity contribution in [2.24, 2.45) is 11.8 Å². The Morgan fingerprint density at radius 1 is 1.42 bits per heavy atom. The van der Waals surface area contributed by atoms with Crippen LogP contribution in [-0.4, -0.2) is 24.9 Å². The van der Waals surface area contributed by atoms with Crippen LogP contribution in [0, 0.1) is 11.8 Å². The predicted molar refractivity (Wildman–Crippen MR) is 46.9 cm³/mol. The maximum atomic E-state index is 5.80. The molecule has 0 aromatic heterocycles. The molecule has 2 nitrogen and oxygen atoms in total. The van der Waals surface area contributed by atoms with Gasteiger partial charge in [0.05, 0.1) is 19.3 Å². The van der Waals surface area contributed by atoms with Crippen molar-refractivity contribution >= 4 is 0 Å². The number of fused-ring (bicyclic) bond motifs is 1. The van der Waals surface area contributed by atoms with Gasteiger partial charge < -0.3 is 9.47 Å². The molecule has 2 saturated heterocycles. The lowest BCUT2D eigenvalue weighted by molar-refractivity contribution is 0.000516. The molecule has 2 aliphatic heterocycles. The average Bonchev–Trinajstić information content (AvgIpc) is 2.55. The second-order valence-corrected chi connectivity index (χ2v) is 4.00. The largest absolute Gasteiger partial charge is 0.374 e. The Labute approximate surface area is 73.5 Å². The standard InChI is InChI=1S/C10H16O2/c1-4-10-8(3)6-11-9(10)7(2)5-12-10/h4,7-9H,1,5-6H2,2-3H3/t7-,8+,9+,10+/m0/s1. The van der Waals surface area contributed by atoms with E-state index < -0.39 is 0 Å². The van der Waals surface area contributed by atoms with Crippen LogP contribution in [0.1, 0.15) is 13.8 Å². The number of hydrogen-bond acceptors (Lipinski definition) is 2. The van der Waals surface area contributed by atoms with E-state index in [-0.39, 0.29) is 11.7 Å². The van der Waals surface area contributed by atoms with Gasteiger partial charge in [-0.05, 0) is 0 Å². The Balaban J connectivity index is 2.30. The minimum Gasteiger partial charge on any atom is -0.374 e. The summed E-state index contributed by atoms with van der Waals surface area (Å²) in [5, 5.41) is 0. The highest BCUT2D eigenvalue weighted by atomic mass is 16.6. The first kappa shape index (κ1) is 8.27. The van der Waals surface area contributed by atoms with Gasteiger partial charge in [-0.3, -0.25) is 0 Å². The molecule has 0 amide bonds. The summed E-state index contributed by atoms with van der Waals surface area (Å²) in [6.45, 7) is 9.81. The maximum absolute atomic E-state index is 5.80. The highest BCUT2D eigenvalue weighted by molar-refractivity contribution is 5.13. The van der Waals surface area contributed by atoms with Crippen LogP contribution in [0.2, 0.25) is 0 Å². The van der Waals surface area contributed by atoms with Crippen molar-refractivity contribution in [3.05, 3.63) is 12.7 Å². The van der Waals surface area contributed by atoms with E-state index in [4.69, 9.17) is 9.47 Å². The van der Waals surface area contributed by atoms with Crippen molar-refractivity contribution in [2.45, 2.75) is 25.6 Å². The summed E-state index contributed by atoms with van der Waals surface area (Å²) >= 11 is 0. The molecule has 0 bridgehead atoms. The molecule has 68 valence electrons. The molecular formula is C10H16O2. The van der Waals surface area contributed by atoms with Crippen LogP contribution in [0.5, 0.6) is 0 Å². The molecule has 2 fully saturated rings. The Morgan fingerprint density at radius 3 is 2.75 bits per heavy atom. The summed E-state index contributed by atoms with van der Waals surface area (Å²) in [6, 6.07) is 0. The van der Waals surface area contributed by atoms with E-state index in [0.717, 1.165) is 13.2 Å². The lowest BCUT2D eigenvalue weighted by Crippen LogP contribution is -2.39. The van der Waals surface area contributed by atoms with Crippen molar-refractivity contribution in [2.75, 3.05) is 13.2 Å². The molecule has 0 spiro atoms. The van der Waals surface area contributed by atoms with Crippen LogP contribution >= 0.6 is 0 Å². The third-order valence-corrected chi connectivity index (χ3v) is 3.17. The maximum Gasteiger partial charge on any atom is 0.117 e. The Bertz CT molecular complexity index is 202. The first-order chi connectivity index (χ1) is 5.70. The second-order valence-electron chi connectivity index (χ2n) is 4.00. The fourth-order valence-corrected chi connectivity index (χ4v) is 2.36. The monoisotopic (exact) mass is 168 g/mol. The minimum atomic E-state index is -0.181. The number of ether oxygens (including phenoxy) is 2. The molecular weight excluding hydrogens is 152 g/mol. The van der Waals surface area contributed by atoms with E-state index in [1.807, 2.05) is 6.08 Å². The van der Waals surface area contributed by atoms with E-state index in [2.05, 4.69) is 20.4 Å². The Morgan fingerprint density at radius 2 is 2.17 bits per heavy atom. The quantitative estimate of drug-likeness (QED) is 0.554. The molecule has 2 rings (SSSR count). The van der Waals surface area contributed by atoms with Crippen LogP contribution in [0.15, 0.2) is 12.7 Å². The van der Waals surface area contributed by atoms with Gasteiger partial charge in [-0.25, -0.2) is 0 Å². The summed E-state index contributed by atoms with van der Waals surface area (Å²) in [6.07, 6.45) is 2.17. The molecule has 0 N–H and O–H groups in total. The van der Waals surface area contributed by atoms with E-state index in [9.17, 15) is 0 Å². The van der Waals surface area contributed by atoms with E-state index in [1.165, 1.54) is 0 Å². The lowest BCUT2D eigenvalue weighted by Gasteiger charge is -2.27. The Kier molecular flexibility index (Phi) is 1.77. The van der Waals surface area contributed by atoms with Gasteiger partial charge in [0.25, 0.3) is 0 Å². The van der Waals surface area contributed by atoms with Gasteiger partial charge in [-0.15, -0.1) is 6.58 Å². The van der Waals surface area contributed by atoms with Crippen LogP contribution in [0.4, 0.5) is 0 Å². The number of rotatable bonds is 1. The van der Waals surface area contributed by atoms with Crippen molar-refractivity contribution < 1.29 is 9.47 Å². The zero-order valence-electron chi connectivity index (χ0n) is 7.75. The van der Waals surface area contributed by atoms with Gasteiger partial charge in [-0.1, -0.05) is 19.9 Å². The lowest BCUT2D eigenvalue weighted by atomic mass is 9.84. The minimum absolute atomic E-state index is 0.181. The normalized spacial score (nSPS) is 52.3. The van der Waals surface area contributed by atoms with E-state index in [1.54, 1.807) is 0 Å². The molecule has 2 heterocycles. The van der Waals surface area contributed by atoms with Gasteiger partial charge in [-0.2, -0.15) is 0 Å². The first-order valence-electron chi connectivity index (χ1n) is 4.60. The van der Waals surface area contributed by atoms with Crippen LogP contribution < -0.4 is 0 Å². The van der Waals surface area contributed by atoms with Gasteiger partial charge in [0.1, 0.15) is 5.60 Å². The molecule has 0 radical (unpaired) electrons. The third-order valence-electron chi connectivity index (χ3n) is 3.17. The molecule has 0 saturated carbocycles. The highest BCUT2D eigenvalue weighted by Gasteiger charge is 2.54. The van der Waals surface area contributed by atoms with E-state index >= 15 is 0 Å². The summed E-state index contributed by atoms with van der Waals surface area (Å²) < 4.78 is 11.5. The Hall–Kier alpha value is -0.340. The molecule has 0 unspecified atom stereocenters. The summed E-state index contributed by atoms with van der Waals surface area (Å²) in [5.74, 6) is 0.956. The molecule has 0 aromatic rings. The fourth-order valence-electron chi connectivity index (χ4n) is 2.36. The van der Waals surface area contributed by atoms with Crippen molar-refractivity contribution in [3.63, 3.8) is 0 Å². The highest BCUT2D eigenvalue weighted by Crippen LogP contribution is 2.44. The van der Waals surface area contributed by atoms with Gasteiger partial charge in [0.2, 0.25) is 0 Å². The molecule has 12 heavy (non-hydrogen) atoms. The SMILES string of the molecule is C=C[C@]12OC[C@H](C)[C@H]1OC[C@H]2C. The summed E-state index contributed by atoms with van der Waals surface area (Å²) in [4.78, 5) is 0. The number of hydrogen-bond donors (Lipinski definition) is 0. The molecule has 0 aromatic carbocycles. The summed E-state index contributed by atoms with van der Waals surface area (Å²) in [7, 11) is 0. The topological polar surface area (TPSA) is 18.5 Å². The predicted octanol–water partition coefficient (Wildman–Crippen LogP) is 1.61. The van der Waals surface area contributed by atoms with Crippen molar-refractivity contribution in [1.29, 1.82) is 0 Å².